The highest BCUT2D eigenvalue weighted by atomic mass is 19.2. The molecule has 4 aromatic rings. The number of hydrogen-bond donors (Lipinski definition) is 1. The minimum absolute atomic E-state index is 0.335. The minimum Gasteiger partial charge on any atom is -0.497 e. The molecule has 0 saturated heterocycles. The van der Waals surface area contributed by atoms with Crippen LogP contribution in [0.2, 0.25) is 0 Å². The van der Waals surface area contributed by atoms with E-state index in [9.17, 15) is 13.6 Å². The summed E-state index contributed by atoms with van der Waals surface area (Å²) in [6.45, 7) is 1.44. The summed E-state index contributed by atoms with van der Waals surface area (Å²) in [6, 6.07) is 15.8. The van der Waals surface area contributed by atoms with Crippen molar-refractivity contribution in [1.82, 2.24) is 4.98 Å². The molecule has 8 heteroatoms. The van der Waals surface area contributed by atoms with Crippen LogP contribution in [0.4, 0.5) is 14.5 Å². The predicted octanol–water partition coefficient (Wildman–Crippen LogP) is 5.19. The Hall–Kier alpha value is -3.94. The van der Waals surface area contributed by atoms with E-state index in [1.807, 2.05) is 12.1 Å². The highest BCUT2D eigenvalue weighted by Crippen LogP contribution is 2.28. The minimum atomic E-state index is -1.14. The Kier molecular flexibility index (Phi) is 5.53. The van der Waals surface area contributed by atoms with E-state index in [2.05, 4.69) is 10.3 Å². The molecule has 3 aromatic carbocycles. The molecule has 0 unspecified atom stereocenters. The number of amides is 1. The molecule has 1 aromatic heterocycles. The van der Waals surface area contributed by atoms with Crippen molar-refractivity contribution in [3.63, 3.8) is 0 Å². The number of hydrogen-bond acceptors (Lipinski definition) is 5. The zero-order chi connectivity index (χ0) is 22.0. The lowest BCUT2D eigenvalue weighted by Gasteiger charge is -2.15. The standard InChI is InChI=1S/C23H18F2N2O4/c1-13(30-20-5-3-4-17(24)21(20)25)22(28)26-15-8-11-19-18(12-15)27-23(31-19)14-6-9-16(29-2)10-7-14/h3-13H,1-2H3,(H,26,28)/t13-/m0/s1. The smallest absolute Gasteiger partial charge is 0.265 e. The second-order valence-corrected chi connectivity index (χ2v) is 6.73. The highest BCUT2D eigenvalue weighted by Gasteiger charge is 2.19. The van der Waals surface area contributed by atoms with E-state index in [0.29, 0.717) is 22.7 Å². The van der Waals surface area contributed by atoms with Gasteiger partial charge in [-0.15, -0.1) is 0 Å². The normalized spacial score (nSPS) is 11.9. The van der Waals surface area contributed by atoms with E-state index < -0.39 is 23.6 Å². The number of fused-ring (bicyclic) bond motifs is 1. The van der Waals surface area contributed by atoms with Gasteiger partial charge in [0.15, 0.2) is 23.3 Å². The van der Waals surface area contributed by atoms with E-state index in [-0.39, 0.29) is 5.75 Å². The van der Waals surface area contributed by atoms with Crippen LogP contribution < -0.4 is 14.8 Å². The molecular formula is C23H18F2N2O4. The third-order valence-corrected chi connectivity index (χ3v) is 4.58. The van der Waals surface area contributed by atoms with Gasteiger partial charge in [-0.1, -0.05) is 6.07 Å². The topological polar surface area (TPSA) is 73.6 Å². The maximum atomic E-state index is 13.8. The van der Waals surface area contributed by atoms with Crippen LogP contribution in [-0.4, -0.2) is 24.1 Å². The van der Waals surface area contributed by atoms with Gasteiger partial charge in [0.05, 0.1) is 7.11 Å². The summed E-state index contributed by atoms with van der Waals surface area (Å²) in [5.41, 5.74) is 2.34. The summed E-state index contributed by atoms with van der Waals surface area (Å²) in [4.78, 5) is 16.9. The van der Waals surface area contributed by atoms with Gasteiger partial charge in [0.2, 0.25) is 11.7 Å². The maximum Gasteiger partial charge on any atom is 0.265 e. The fourth-order valence-corrected chi connectivity index (χ4v) is 2.93. The zero-order valence-corrected chi connectivity index (χ0v) is 16.7. The van der Waals surface area contributed by atoms with Gasteiger partial charge in [0.1, 0.15) is 11.3 Å². The van der Waals surface area contributed by atoms with Gasteiger partial charge in [0, 0.05) is 11.3 Å². The van der Waals surface area contributed by atoms with Gasteiger partial charge in [-0.3, -0.25) is 4.79 Å². The molecule has 0 radical (unpaired) electrons. The summed E-state index contributed by atoms with van der Waals surface area (Å²) in [5.74, 6) is -1.90. The Morgan fingerprint density at radius 3 is 2.61 bits per heavy atom. The van der Waals surface area contributed by atoms with Crippen LogP contribution in [0.5, 0.6) is 11.5 Å². The van der Waals surface area contributed by atoms with Crippen LogP contribution in [-0.2, 0) is 4.79 Å². The third-order valence-electron chi connectivity index (χ3n) is 4.58. The molecule has 1 heterocycles. The first-order chi connectivity index (χ1) is 14.9. The number of carbonyl (C=O) groups excluding carboxylic acids is 1. The molecule has 0 fully saturated rings. The summed E-state index contributed by atoms with van der Waals surface area (Å²) in [5, 5.41) is 2.67. The fraction of sp³-hybridized carbons (Fsp3) is 0.130. The van der Waals surface area contributed by atoms with Crippen molar-refractivity contribution >= 4 is 22.7 Å². The lowest BCUT2D eigenvalue weighted by molar-refractivity contribution is -0.122. The van der Waals surface area contributed by atoms with Crippen LogP contribution in [0.1, 0.15) is 6.92 Å². The SMILES string of the molecule is COc1ccc(-c2nc3cc(NC(=O)[C@H](C)Oc4cccc(F)c4F)ccc3o2)cc1. The number of anilines is 1. The lowest BCUT2D eigenvalue weighted by Crippen LogP contribution is -2.30. The number of carbonyl (C=O) groups is 1. The van der Waals surface area contributed by atoms with Crippen LogP contribution in [0.15, 0.2) is 65.1 Å². The van der Waals surface area contributed by atoms with Gasteiger partial charge in [0.25, 0.3) is 5.91 Å². The average molecular weight is 424 g/mol. The summed E-state index contributed by atoms with van der Waals surface area (Å²) in [7, 11) is 1.59. The number of halogens is 2. The maximum absolute atomic E-state index is 13.8. The molecule has 158 valence electrons. The number of ether oxygens (including phenoxy) is 2. The van der Waals surface area contributed by atoms with Crippen molar-refractivity contribution in [2.45, 2.75) is 13.0 Å². The number of oxazole rings is 1. The second kappa shape index (κ2) is 8.43. The lowest BCUT2D eigenvalue weighted by atomic mass is 10.2. The van der Waals surface area contributed by atoms with E-state index in [1.165, 1.54) is 19.1 Å². The molecule has 0 spiro atoms. The Labute approximate surface area is 176 Å². The second-order valence-electron chi connectivity index (χ2n) is 6.73. The Morgan fingerprint density at radius 2 is 1.87 bits per heavy atom. The summed E-state index contributed by atoms with van der Waals surface area (Å²) < 4.78 is 43.2. The van der Waals surface area contributed by atoms with Gasteiger partial charge >= 0.3 is 0 Å². The van der Waals surface area contributed by atoms with Crippen molar-refractivity contribution in [2.24, 2.45) is 0 Å². The summed E-state index contributed by atoms with van der Waals surface area (Å²) >= 11 is 0. The molecule has 0 aliphatic carbocycles. The largest absolute Gasteiger partial charge is 0.497 e. The van der Waals surface area contributed by atoms with Gasteiger partial charge in [-0.2, -0.15) is 4.39 Å². The average Bonchev–Trinajstić information content (AvgIpc) is 3.20. The molecule has 31 heavy (non-hydrogen) atoms. The molecule has 0 saturated carbocycles. The molecule has 6 nitrogen and oxygen atoms in total. The van der Waals surface area contributed by atoms with Gasteiger partial charge in [-0.05, 0) is 61.5 Å². The van der Waals surface area contributed by atoms with Crippen LogP contribution >= 0.6 is 0 Å². The highest BCUT2D eigenvalue weighted by molar-refractivity contribution is 5.95. The first-order valence-corrected chi connectivity index (χ1v) is 9.41. The molecular weight excluding hydrogens is 406 g/mol. The van der Waals surface area contributed by atoms with E-state index in [0.717, 1.165) is 17.4 Å². The van der Waals surface area contributed by atoms with E-state index in [4.69, 9.17) is 13.9 Å². The van der Waals surface area contributed by atoms with Crippen molar-refractivity contribution in [2.75, 3.05) is 12.4 Å². The van der Waals surface area contributed by atoms with Crippen molar-refractivity contribution < 1.29 is 27.5 Å². The number of nitrogens with zero attached hydrogens (tertiary/aromatic N) is 1. The molecule has 0 bridgehead atoms. The molecule has 1 amide bonds. The fourth-order valence-electron chi connectivity index (χ4n) is 2.93. The number of benzene rings is 3. The Morgan fingerprint density at radius 1 is 1.10 bits per heavy atom. The van der Waals surface area contributed by atoms with Crippen molar-refractivity contribution in [3.8, 4) is 23.0 Å². The third kappa shape index (κ3) is 4.32. The Balaban J connectivity index is 1.49. The molecule has 1 atom stereocenters. The zero-order valence-electron chi connectivity index (χ0n) is 16.7. The van der Waals surface area contributed by atoms with E-state index in [1.54, 1.807) is 37.4 Å². The molecule has 4 rings (SSSR count). The van der Waals surface area contributed by atoms with Gasteiger partial charge in [-0.25, -0.2) is 9.37 Å². The molecule has 1 N–H and O–H groups in total. The van der Waals surface area contributed by atoms with Crippen molar-refractivity contribution in [3.05, 3.63) is 72.3 Å². The number of rotatable bonds is 6. The summed E-state index contributed by atoms with van der Waals surface area (Å²) in [6.07, 6.45) is -1.06. The number of aromatic nitrogens is 1. The first kappa shape index (κ1) is 20.3. The monoisotopic (exact) mass is 424 g/mol. The number of nitrogens with one attached hydrogen (secondary N) is 1. The molecule has 0 aliphatic heterocycles. The predicted molar refractivity (Wildman–Crippen MR) is 111 cm³/mol. The molecule has 0 aliphatic rings. The Bertz CT molecular complexity index is 1240. The first-order valence-electron chi connectivity index (χ1n) is 9.41. The van der Waals surface area contributed by atoms with Crippen LogP contribution in [0, 0.1) is 11.6 Å². The van der Waals surface area contributed by atoms with E-state index >= 15 is 0 Å². The van der Waals surface area contributed by atoms with Crippen molar-refractivity contribution in [1.29, 1.82) is 0 Å². The van der Waals surface area contributed by atoms with Crippen LogP contribution in [0.25, 0.3) is 22.6 Å². The number of methoxy groups -OCH3 is 1. The quantitative estimate of drug-likeness (QED) is 0.461. The van der Waals surface area contributed by atoms with Crippen LogP contribution in [0.3, 0.4) is 0 Å². The van der Waals surface area contributed by atoms with Gasteiger partial charge < -0.3 is 19.2 Å².